The SMILES string of the molecule is C=C1CCC(COC(/C=C(\CC(CC)c2ccc(C#N)cc2)c2ccc(C)cc2)=NC)CC1.[HH]. The van der Waals surface area contributed by atoms with Crippen molar-refractivity contribution in [2.45, 2.75) is 58.3 Å². The lowest BCUT2D eigenvalue weighted by Gasteiger charge is -2.23. The topological polar surface area (TPSA) is 45.4 Å². The molecule has 0 bridgehead atoms. The van der Waals surface area contributed by atoms with Gasteiger partial charge in [-0.1, -0.05) is 61.0 Å². The molecule has 1 atom stereocenters. The molecule has 1 fully saturated rings. The maximum atomic E-state index is 9.13. The van der Waals surface area contributed by atoms with Crippen molar-refractivity contribution in [3.05, 3.63) is 89.0 Å². The van der Waals surface area contributed by atoms with Crippen LogP contribution in [0.5, 0.6) is 0 Å². The van der Waals surface area contributed by atoms with E-state index in [4.69, 9.17) is 10.00 Å². The van der Waals surface area contributed by atoms with Gasteiger partial charge in [0.15, 0.2) is 0 Å². The molecule has 2 aromatic carbocycles. The molecule has 3 heteroatoms. The van der Waals surface area contributed by atoms with Crippen LogP contribution in [0.1, 0.15) is 75.0 Å². The third kappa shape index (κ3) is 7.19. The molecule has 0 saturated heterocycles. The molecule has 2 aromatic rings. The Hall–Kier alpha value is -3.12. The van der Waals surface area contributed by atoms with Crippen molar-refractivity contribution in [3.63, 3.8) is 0 Å². The van der Waals surface area contributed by atoms with E-state index in [1.54, 1.807) is 7.05 Å². The minimum absolute atomic E-state index is 0. The fraction of sp³-hybridized carbons (Fsp3) is 0.400. The average Bonchev–Trinajstić information content (AvgIpc) is 2.85. The number of nitrogens with zero attached hydrogens (tertiary/aromatic N) is 2. The summed E-state index contributed by atoms with van der Waals surface area (Å²) in [6, 6.07) is 18.9. The van der Waals surface area contributed by atoms with E-state index in [0.29, 0.717) is 29.9 Å². The normalized spacial score (nSPS) is 16.4. The van der Waals surface area contributed by atoms with Crippen LogP contribution in [-0.4, -0.2) is 19.6 Å². The van der Waals surface area contributed by atoms with Crippen LogP contribution in [-0.2, 0) is 4.74 Å². The first-order chi connectivity index (χ1) is 16.0. The largest absolute Gasteiger partial charge is 0.478 e. The summed E-state index contributed by atoms with van der Waals surface area (Å²) in [5.74, 6) is 1.63. The Bertz CT molecular complexity index is 1020. The van der Waals surface area contributed by atoms with Crippen molar-refractivity contribution >= 4 is 11.5 Å². The molecule has 0 N–H and O–H groups in total. The number of hydrogen-bond donors (Lipinski definition) is 0. The highest BCUT2D eigenvalue weighted by molar-refractivity contribution is 5.95. The van der Waals surface area contributed by atoms with Gasteiger partial charge in [0, 0.05) is 14.6 Å². The van der Waals surface area contributed by atoms with Gasteiger partial charge in [0.2, 0.25) is 5.90 Å². The van der Waals surface area contributed by atoms with Gasteiger partial charge in [-0.3, -0.25) is 4.99 Å². The standard InChI is InChI=1S/C30H36N2O.H2/c1-5-26(27-16-12-24(20-31)13-17-27)18-29(28-14-8-23(3)9-15-28)19-30(32-4)33-21-25-10-6-22(2)7-11-25;/h8-9,12-17,19,25-26H,2,5-7,10-11,18,21H2,1,3-4H3;1H/b29-19+,32-30?;. The fourth-order valence-electron chi connectivity index (χ4n) is 4.40. The Labute approximate surface area is 201 Å². The smallest absolute Gasteiger partial charge is 0.208 e. The van der Waals surface area contributed by atoms with Crippen LogP contribution in [0.4, 0.5) is 0 Å². The zero-order valence-electron chi connectivity index (χ0n) is 20.3. The first kappa shape index (κ1) is 24.5. The summed E-state index contributed by atoms with van der Waals surface area (Å²) in [5.41, 5.74) is 6.99. The zero-order valence-corrected chi connectivity index (χ0v) is 20.3. The Kier molecular flexibility index (Phi) is 9.07. The summed E-state index contributed by atoms with van der Waals surface area (Å²) in [7, 11) is 1.80. The average molecular weight is 443 g/mol. The molecule has 1 aliphatic rings. The van der Waals surface area contributed by atoms with Gasteiger partial charge in [-0.05, 0) is 86.1 Å². The van der Waals surface area contributed by atoms with E-state index < -0.39 is 0 Å². The highest BCUT2D eigenvalue weighted by Crippen LogP contribution is 2.32. The number of aliphatic imine (C=N–C) groups is 1. The van der Waals surface area contributed by atoms with Crippen molar-refractivity contribution in [1.29, 1.82) is 5.26 Å². The first-order valence-corrected chi connectivity index (χ1v) is 12.1. The molecule has 0 aromatic heterocycles. The van der Waals surface area contributed by atoms with E-state index in [1.807, 2.05) is 12.1 Å². The maximum Gasteiger partial charge on any atom is 0.208 e. The molecule has 3 nitrogen and oxygen atoms in total. The molecule has 1 aliphatic carbocycles. The predicted molar refractivity (Wildman–Crippen MR) is 140 cm³/mol. The lowest BCUT2D eigenvalue weighted by molar-refractivity contribution is 0.213. The maximum absolute atomic E-state index is 9.13. The number of aryl methyl sites for hydroxylation is 1. The van der Waals surface area contributed by atoms with Gasteiger partial charge < -0.3 is 4.74 Å². The number of rotatable bonds is 8. The fourth-order valence-corrected chi connectivity index (χ4v) is 4.40. The van der Waals surface area contributed by atoms with Crippen molar-refractivity contribution in [2.24, 2.45) is 10.9 Å². The Morgan fingerprint density at radius 3 is 2.42 bits per heavy atom. The predicted octanol–water partition coefficient (Wildman–Crippen LogP) is 7.87. The second kappa shape index (κ2) is 12.2. The molecule has 33 heavy (non-hydrogen) atoms. The third-order valence-electron chi connectivity index (χ3n) is 6.69. The molecule has 0 spiro atoms. The van der Waals surface area contributed by atoms with Gasteiger partial charge in [-0.15, -0.1) is 0 Å². The van der Waals surface area contributed by atoms with E-state index in [9.17, 15) is 0 Å². The van der Waals surface area contributed by atoms with E-state index >= 15 is 0 Å². The van der Waals surface area contributed by atoms with Crippen molar-refractivity contribution < 1.29 is 6.16 Å². The number of hydrogen-bond acceptors (Lipinski definition) is 3. The summed E-state index contributed by atoms with van der Waals surface area (Å²) >= 11 is 0. The molecule has 3 rings (SSSR count). The van der Waals surface area contributed by atoms with Crippen molar-refractivity contribution in [2.75, 3.05) is 13.7 Å². The Morgan fingerprint density at radius 2 is 1.85 bits per heavy atom. The summed E-state index contributed by atoms with van der Waals surface area (Å²) in [4.78, 5) is 4.46. The van der Waals surface area contributed by atoms with Gasteiger partial charge >= 0.3 is 0 Å². The van der Waals surface area contributed by atoms with E-state index in [1.165, 1.54) is 27.8 Å². The van der Waals surface area contributed by atoms with Crippen LogP contribution in [0.3, 0.4) is 0 Å². The molecule has 0 aliphatic heterocycles. The second-order valence-electron chi connectivity index (χ2n) is 9.14. The van der Waals surface area contributed by atoms with Crippen LogP contribution in [0, 0.1) is 24.2 Å². The molecule has 0 heterocycles. The summed E-state index contributed by atoms with van der Waals surface area (Å²) in [6.07, 6.45) is 8.55. The van der Waals surface area contributed by atoms with Crippen LogP contribution in [0.2, 0.25) is 0 Å². The molecule has 1 unspecified atom stereocenters. The number of nitriles is 1. The van der Waals surface area contributed by atoms with Gasteiger partial charge in [0.1, 0.15) is 0 Å². The van der Waals surface area contributed by atoms with Crippen LogP contribution >= 0.6 is 0 Å². The van der Waals surface area contributed by atoms with Crippen molar-refractivity contribution in [1.82, 2.24) is 0 Å². The summed E-state index contributed by atoms with van der Waals surface area (Å²) < 4.78 is 6.20. The van der Waals surface area contributed by atoms with Gasteiger partial charge in [-0.2, -0.15) is 5.26 Å². The highest BCUT2D eigenvalue weighted by Gasteiger charge is 2.18. The Balaban J connectivity index is 0.00000408. The number of allylic oxidation sites excluding steroid dienone is 2. The van der Waals surface area contributed by atoms with Crippen LogP contribution < -0.4 is 0 Å². The van der Waals surface area contributed by atoms with Gasteiger partial charge in [0.05, 0.1) is 18.2 Å². The van der Waals surface area contributed by atoms with E-state index in [-0.39, 0.29) is 1.43 Å². The van der Waals surface area contributed by atoms with E-state index in [2.05, 4.69) is 74.0 Å². The first-order valence-electron chi connectivity index (χ1n) is 12.1. The van der Waals surface area contributed by atoms with Crippen LogP contribution in [0.15, 0.2) is 71.8 Å². The molecule has 0 radical (unpaired) electrons. The molecular weight excluding hydrogens is 404 g/mol. The quantitative estimate of drug-likeness (QED) is 0.237. The number of ether oxygens (including phenoxy) is 1. The monoisotopic (exact) mass is 442 g/mol. The molecular formula is C30H38N2O. The second-order valence-corrected chi connectivity index (χ2v) is 9.14. The van der Waals surface area contributed by atoms with E-state index in [0.717, 1.165) is 38.5 Å². The van der Waals surface area contributed by atoms with Crippen LogP contribution in [0.25, 0.3) is 5.57 Å². The number of benzene rings is 2. The van der Waals surface area contributed by atoms with Gasteiger partial charge in [-0.25, -0.2) is 0 Å². The van der Waals surface area contributed by atoms with Crippen molar-refractivity contribution in [3.8, 4) is 6.07 Å². The molecule has 174 valence electrons. The zero-order chi connectivity index (χ0) is 23.6. The highest BCUT2D eigenvalue weighted by atomic mass is 16.5. The lowest BCUT2D eigenvalue weighted by atomic mass is 9.86. The minimum Gasteiger partial charge on any atom is -0.478 e. The lowest BCUT2D eigenvalue weighted by Crippen LogP contribution is -2.17. The molecule has 1 saturated carbocycles. The third-order valence-corrected chi connectivity index (χ3v) is 6.69. The Morgan fingerprint density at radius 1 is 1.18 bits per heavy atom. The minimum atomic E-state index is 0. The summed E-state index contributed by atoms with van der Waals surface area (Å²) in [6.45, 7) is 9.16. The van der Waals surface area contributed by atoms with Gasteiger partial charge in [0.25, 0.3) is 0 Å². The summed E-state index contributed by atoms with van der Waals surface area (Å²) in [5, 5.41) is 9.13. The molecule has 0 amide bonds.